The normalized spacial score (nSPS) is 15.1. The Morgan fingerprint density at radius 2 is 1.70 bits per heavy atom. The summed E-state index contributed by atoms with van der Waals surface area (Å²) in [5.41, 5.74) is 2.84. The van der Waals surface area contributed by atoms with Gasteiger partial charge in [0.1, 0.15) is 5.82 Å². The number of benzene rings is 2. The molecule has 158 valence electrons. The largest absolute Gasteiger partial charge is 0.419 e. The number of fused-ring (bicyclic) bond motifs is 1. The third-order valence-electron chi connectivity index (χ3n) is 5.74. The number of rotatable bonds is 7. The van der Waals surface area contributed by atoms with Crippen LogP contribution in [0.25, 0.3) is 11.1 Å². The number of oxazole rings is 1. The van der Waals surface area contributed by atoms with E-state index in [2.05, 4.69) is 9.80 Å². The number of anilines is 1. The molecule has 0 atom stereocenters. The lowest BCUT2D eigenvalue weighted by molar-refractivity contribution is 0.101. The highest BCUT2D eigenvalue weighted by Crippen LogP contribution is 2.18. The number of halogens is 1. The number of aryl methyl sites for hydroxylation is 1. The van der Waals surface area contributed by atoms with Crippen molar-refractivity contribution in [1.29, 1.82) is 0 Å². The molecule has 0 radical (unpaired) electrons. The Morgan fingerprint density at radius 3 is 2.40 bits per heavy atom. The monoisotopic (exact) mass is 411 g/mol. The Balaban J connectivity index is 1.27. The average molecular weight is 411 g/mol. The van der Waals surface area contributed by atoms with Crippen molar-refractivity contribution >= 4 is 22.6 Å². The summed E-state index contributed by atoms with van der Waals surface area (Å²) in [6, 6.07) is 11.8. The van der Waals surface area contributed by atoms with Crippen LogP contribution in [-0.4, -0.2) is 48.0 Å². The summed E-state index contributed by atoms with van der Waals surface area (Å²) < 4.78 is 20.0. The van der Waals surface area contributed by atoms with Gasteiger partial charge in [-0.25, -0.2) is 9.18 Å². The van der Waals surface area contributed by atoms with Crippen LogP contribution in [0.3, 0.4) is 0 Å². The maximum Gasteiger partial charge on any atom is 0.419 e. The Hall–Kier alpha value is -2.93. The number of ketones is 1. The highest BCUT2D eigenvalue weighted by Gasteiger charge is 2.17. The topological polar surface area (TPSA) is 58.7 Å². The van der Waals surface area contributed by atoms with Crippen molar-refractivity contribution in [2.45, 2.75) is 26.3 Å². The molecule has 2 aromatic carbocycles. The Labute approximate surface area is 174 Å². The number of carbonyl (C=O) groups is 1. The zero-order chi connectivity index (χ0) is 21.1. The second-order valence-corrected chi connectivity index (χ2v) is 7.77. The van der Waals surface area contributed by atoms with Gasteiger partial charge in [-0.05, 0) is 68.8 Å². The zero-order valence-electron chi connectivity index (χ0n) is 17.1. The molecule has 1 saturated heterocycles. The number of aromatic nitrogens is 1. The van der Waals surface area contributed by atoms with Gasteiger partial charge in [0.25, 0.3) is 0 Å². The van der Waals surface area contributed by atoms with Crippen LogP contribution in [0.5, 0.6) is 0 Å². The number of carbonyl (C=O) groups excluding carboxylic acids is 1. The van der Waals surface area contributed by atoms with Gasteiger partial charge in [-0.1, -0.05) is 0 Å². The minimum atomic E-state index is -0.376. The van der Waals surface area contributed by atoms with E-state index in [1.54, 1.807) is 22.8 Å². The third kappa shape index (κ3) is 4.46. The summed E-state index contributed by atoms with van der Waals surface area (Å²) >= 11 is 0. The first-order valence-electron chi connectivity index (χ1n) is 10.4. The fraction of sp³-hybridized carbons (Fsp3) is 0.391. The average Bonchev–Trinajstić information content (AvgIpc) is 3.06. The van der Waals surface area contributed by atoms with Gasteiger partial charge >= 0.3 is 5.76 Å². The fourth-order valence-corrected chi connectivity index (χ4v) is 3.98. The minimum Gasteiger partial charge on any atom is -0.408 e. The molecule has 0 unspecified atom stereocenters. The predicted octanol–water partition coefficient (Wildman–Crippen LogP) is 3.54. The molecule has 0 bridgehead atoms. The highest BCUT2D eigenvalue weighted by atomic mass is 19.1. The molecule has 4 rings (SSSR count). The first kappa shape index (κ1) is 20.3. The number of hydrogen-bond acceptors (Lipinski definition) is 5. The van der Waals surface area contributed by atoms with Gasteiger partial charge in [0.05, 0.1) is 5.52 Å². The lowest BCUT2D eigenvalue weighted by atomic mass is 10.1. The number of piperazine rings is 1. The van der Waals surface area contributed by atoms with Crippen molar-refractivity contribution in [3.8, 4) is 0 Å². The molecular formula is C23H26FN3O3. The lowest BCUT2D eigenvalue weighted by Gasteiger charge is -2.36. The van der Waals surface area contributed by atoms with Crippen LogP contribution >= 0.6 is 0 Å². The van der Waals surface area contributed by atoms with Gasteiger partial charge in [0, 0.05) is 44.0 Å². The second-order valence-electron chi connectivity index (χ2n) is 7.77. The van der Waals surface area contributed by atoms with Crippen molar-refractivity contribution in [2.75, 3.05) is 37.6 Å². The molecule has 0 aliphatic carbocycles. The van der Waals surface area contributed by atoms with Gasteiger partial charge in [-0.15, -0.1) is 0 Å². The maximum absolute atomic E-state index is 13.1. The van der Waals surface area contributed by atoms with E-state index in [1.807, 2.05) is 12.1 Å². The number of unbranched alkanes of at least 4 members (excludes halogenated alkanes) is 1. The molecule has 1 aliphatic rings. The molecule has 2 heterocycles. The smallest absolute Gasteiger partial charge is 0.408 e. The van der Waals surface area contributed by atoms with Crippen LogP contribution in [0.4, 0.5) is 10.1 Å². The minimum absolute atomic E-state index is 0.0307. The molecule has 1 aromatic heterocycles. The molecule has 3 aromatic rings. The maximum atomic E-state index is 13.1. The Bertz CT molecular complexity index is 1080. The summed E-state index contributed by atoms with van der Waals surface area (Å²) in [6.45, 7) is 6.83. The molecule has 0 spiro atoms. The van der Waals surface area contributed by atoms with Crippen molar-refractivity contribution in [3.63, 3.8) is 0 Å². The number of hydrogen-bond donors (Lipinski definition) is 0. The van der Waals surface area contributed by atoms with Crippen LogP contribution in [-0.2, 0) is 6.54 Å². The summed E-state index contributed by atoms with van der Waals surface area (Å²) in [5, 5.41) is 0. The lowest BCUT2D eigenvalue weighted by Crippen LogP contribution is -2.46. The van der Waals surface area contributed by atoms with Crippen molar-refractivity contribution in [1.82, 2.24) is 9.47 Å². The summed E-state index contributed by atoms with van der Waals surface area (Å²) in [7, 11) is 0. The standard InChI is InChI=1S/C23H26FN3O3/c1-17(28)18-4-9-22-21(16-18)27(23(29)30-22)11-3-2-10-25-12-14-26(15-13-25)20-7-5-19(24)6-8-20/h4-9,16H,2-3,10-15H2,1H3. The van der Waals surface area contributed by atoms with Crippen LogP contribution in [0.15, 0.2) is 51.7 Å². The molecule has 30 heavy (non-hydrogen) atoms. The first-order chi connectivity index (χ1) is 14.5. The van der Waals surface area contributed by atoms with Crippen LogP contribution in [0, 0.1) is 5.82 Å². The van der Waals surface area contributed by atoms with E-state index in [0.29, 0.717) is 23.2 Å². The highest BCUT2D eigenvalue weighted by molar-refractivity contribution is 5.97. The van der Waals surface area contributed by atoms with Gasteiger partial charge in [0.2, 0.25) is 0 Å². The van der Waals surface area contributed by atoms with Crippen molar-refractivity contribution in [2.24, 2.45) is 0 Å². The fourth-order valence-electron chi connectivity index (χ4n) is 3.98. The summed E-state index contributed by atoms with van der Waals surface area (Å²) in [4.78, 5) is 28.5. The van der Waals surface area contributed by atoms with E-state index in [0.717, 1.165) is 51.3 Å². The van der Waals surface area contributed by atoms with Crippen LogP contribution < -0.4 is 10.7 Å². The summed E-state index contributed by atoms with van der Waals surface area (Å²) in [5.74, 6) is -0.616. The molecule has 6 nitrogen and oxygen atoms in total. The van der Waals surface area contributed by atoms with Gasteiger partial charge in [-0.3, -0.25) is 14.3 Å². The van der Waals surface area contributed by atoms with E-state index in [-0.39, 0.29) is 17.4 Å². The predicted molar refractivity (Wildman–Crippen MR) is 115 cm³/mol. The quantitative estimate of drug-likeness (QED) is 0.440. The van der Waals surface area contributed by atoms with Crippen molar-refractivity contribution in [3.05, 3.63) is 64.4 Å². The van der Waals surface area contributed by atoms with E-state index in [1.165, 1.54) is 19.1 Å². The zero-order valence-corrected chi connectivity index (χ0v) is 17.1. The van der Waals surface area contributed by atoms with E-state index < -0.39 is 0 Å². The number of nitrogens with zero attached hydrogens (tertiary/aromatic N) is 3. The first-order valence-corrected chi connectivity index (χ1v) is 10.4. The molecule has 0 N–H and O–H groups in total. The van der Waals surface area contributed by atoms with Gasteiger partial charge in [0.15, 0.2) is 11.4 Å². The van der Waals surface area contributed by atoms with Crippen LogP contribution in [0.1, 0.15) is 30.1 Å². The van der Waals surface area contributed by atoms with E-state index in [4.69, 9.17) is 4.42 Å². The molecule has 7 heteroatoms. The summed E-state index contributed by atoms with van der Waals surface area (Å²) in [6.07, 6.45) is 1.83. The molecule has 0 saturated carbocycles. The molecule has 1 fully saturated rings. The Kier molecular flexibility index (Phi) is 5.99. The molecule has 1 aliphatic heterocycles. The van der Waals surface area contributed by atoms with Gasteiger partial charge < -0.3 is 9.32 Å². The van der Waals surface area contributed by atoms with Crippen LogP contribution in [0.2, 0.25) is 0 Å². The molecular weight excluding hydrogens is 385 g/mol. The van der Waals surface area contributed by atoms with E-state index >= 15 is 0 Å². The van der Waals surface area contributed by atoms with Gasteiger partial charge in [-0.2, -0.15) is 0 Å². The van der Waals surface area contributed by atoms with Crippen molar-refractivity contribution < 1.29 is 13.6 Å². The SMILES string of the molecule is CC(=O)c1ccc2oc(=O)n(CCCCN3CCN(c4ccc(F)cc4)CC3)c2c1. The molecule has 0 amide bonds. The third-order valence-corrected chi connectivity index (χ3v) is 5.74. The number of Topliss-reactive ketones (excluding diaryl/α,β-unsaturated/α-hetero) is 1. The second kappa shape index (κ2) is 8.83. The van der Waals surface area contributed by atoms with E-state index in [9.17, 15) is 14.0 Å². The Morgan fingerprint density at radius 1 is 1.00 bits per heavy atom.